The number of hydrogen-bond acceptors (Lipinski definition) is 8. The molecule has 1 amide bonds. The summed E-state index contributed by atoms with van der Waals surface area (Å²) >= 11 is 0. The molecule has 4 rings (SSSR count). The van der Waals surface area contributed by atoms with Gasteiger partial charge in [0.25, 0.3) is 11.5 Å². The maximum Gasteiger partial charge on any atom is 0.270 e. The van der Waals surface area contributed by atoms with E-state index >= 15 is 0 Å². The van der Waals surface area contributed by atoms with Gasteiger partial charge in [0.15, 0.2) is 17.1 Å². The minimum absolute atomic E-state index is 0.0304. The molecule has 1 aliphatic carbocycles. The molecule has 0 bridgehead atoms. The molecule has 0 unspecified atom stereocenters. The number of nitrogens with one attached hydrogen (secondary N) is 2. The van der Waals surface area contributed by atoms with E-state index in [1.54, 1.807) is 6.07 Å². The lowest BCUT2D eigenvalue weighted by Gasteiger charge is -2.21. The molecule has 1 aliphatic rings. The number of rotatable bonds is 5. The van der Waals surface area contributed by atoms with Crippen LogP contribution in [0.4, 0.5) is 11.6 Å². The van der Waals surface area contributed by atoms with Gasteiger partial charge in [0.1, 0.15) is 17.5 Å². The van der Waals surface area contributed by atoms with Gasteiger partial charge in [-0.2, -0.15) is 9.78 Å². The summed E-state index contributed by atoms with van der Waals surface area (Å²) in [5.41, 5.74) is -0.700. The van der Waals surface area contributed by atoms with Crippen molar-refractivity contribution in [2.75, 3.05) is 5.32 Å². The van der Waals surface area contributed by atoms with Gasteiger partial charge in [-0.05, 0) is 18.3 Å². The van der Waals surface area contributed by atoms with Crippen LogP contribution in [-0.4, -0.2) is 41.2 Å². The van der Waals surface area contributed by atoms with Crippen molar-refractivity contribution in [3.63, 3.8) is 0 Å². The van der Waals surface area contributed by atoms with Gasteiger partial charge in [0.2, 0.25) is 5.88 Å². The predicted molar refractivity (Wildman–Crippen MR) is 111 cm³/mol. The van der Waals surface area contributed by atoms with E-state index in [0.29, 0.717) is 18.0 Å². The predicted octanol–water partition coefficient (Wildman–Crippen LogP) is 1.55. The molecule has 0 radical (unpaired) electrons. The summed E-state index contributed by atoms with van der Waals surface area (Å²) in [6, 6.07) is 3.50. The molecule has 11 nitrogen and oxygen atoms in total. The molecular weight excluding hydrogens is 400 g/mol. The van der Waals surface area contributed by atoms with Crippen molar-refractivity contribution in [2.45, 2.75) is 46.2 Å². The number of carbonyl (C=O) groups is 1. The number of fused-ring (bicyclic) bond motifs is 1. The fraction of sp³-hybridized carbons (Fsp3) is 0.400. The second-order valence-electron chi connectivity index (χ2n) is 8.72. The highest BCUT2D eigenvalue weighted by atomic mass is 16.3. The number of nitrogens with zero attached hydrogens (tertiary/aromatic N) is 6. The van der Waals surface area contributed by atoms with Crippen molar-refractivity contribution in [3.8, 4) is 11.9 Å². The molecule has 3 aromatic rings. The van der Waals surface area contributed by atoms with Crippen LogP contribution in [0, 0.1) is 16.7 Å². The van der Waals surface area contributed by atoms with E-state index in [1.807, 2.05) is 26.8 Å². The van der Waals surface area contributed by atoms with Gasteiger partial charge in [0.05, 0.1) is 12.4 Å². The van der Waals surface area contributed by atoms with Gasteiger partial charge in [0, 0.05) is 18.7 Å². The second-order valence-corrected chi connectivity index (χ2v) is 8.72. The maximum atomic E-state index is 13.2. The Labute approximate surface area is 177 Å². The fourth-order valence-electron chi connectivity index (χ4n) is 3.11. The van der Waals surface area contributed by atoms with Crippen LogP contribution >= 0.6 is 0 Å². The Morgan fingerprint density at radius 1 is 1.29 bits per heavy atom. The SMILES string of the molecule is CC(C)(C)Cn1c(=O)c(C(=O)NC2CC2)c(O)n2nc(Nc3cnc(C#N)cn3)cc12. The van der Waals surface area contributed by atoms with Crippen LogP contribution in [-0.2, 0) is 6.54 Å². The summed E-state index contributed by atoms with van der Waals surface area (Å²) in [7, 11) is 0. The van der Waals surface area contributed by atoms with E-state index < -0.39 is 17.3 Å². The molecule has 1 fully saturated rings. The molecule has 3 heterocycles. The monoisotopic (exact) mass is 422 g/mol. The van der Waals surface area contributed by atoms with Crippen LogP contribution in [0.2, 0.25) is 0 Å². The molecule has 0 saturated heterocycles. The molecule has 0 aliphatic heterocycles. The molecule has 3 N–H and O–H groups in total. The van der Waals surface area contributed by atoms with Gasteiger partial charge in [-0.25, -0.2) is 9.97 Å². The normalized spacial score (nSPS) is 13.7. The molecule has 1 saturated carbocycles. The standard InChI is InChI=1S/C20H22N8O3/c1-20(2,3)10-27-15-6-13(25-14-9-22-12(7-21)8-23-14)26-28(15)19(31)16(18(27)30)17(29)24-11-4-5-11/h6,8-9,11,31H,4-5,10H2,1-3H3,(H,24,29)(H,23,25,26). The first kappa shape index (κ1) is 20.3. The summed E-state index contributed by atoms with van der Waals surface area (Å²) < 4.78 is 2.60. The van der Waals surface area contributed by atoms with Gasteiger partial charge >= 0.3 is 0 Å². The maximum absolute atomic E-state index is 13.2. The number of anilines is 2. The lowest BCUT2D eigenvalue weighted by molar-refractivity contribution is 0.0944. The van der Waals surface area contributed by atoms with Crippen molar-refractivity contribution in [1.29, 1.82) is 5.26 Å². The quantitative estimate of drug-likeness (QED) is 0.560. The number of nitriles is 1. The Hall–Kier alpha value is -3.94. The van der Waals surface area contributed by atoms with Gasteiger partial charge in [-0.3, -0.25) is 14.2 Å². The van der Waals surface area contributed by atoms with E-state index in [2.05, 4.69) is 25.7 Å². The molecular formula is C20H22N8O3. The lowest BCUT2D eigenvalue weighted by Crippen LogP contribution is -2.37. The molecule has 3 aromatic heterocycles. The Balaban J connectivity index is 1.81. The Morgan fingerprint density at radius 3 is 2.61 bits per heavy atom. The van der Waals surface area contributed by atoms with Gasteiger partial charge in [-0.1, -0.05) is 20.8 Å². The topological polar surface area (TPSA) is 150 Å². The zero-order valence-corrected chi connectivity index (χ0v) is 17.4. The van der Waals surface area contributed by atoms with Crippen LogP contribution in [0.25, 0.3) is 5.65 Å². The summed E-state index contributed by atoms with van der Waals surface area (Å²) in [5, 5.41) is 29.6. The number of carbonyl (C=O) groups excluding carboxylic acids is 1. The van der Waals surface area contributed by atoms with Crippen molar-refractivity contribution >= 4 is 23.2 Å². The van der Waals surface area contributed by atoms with E-state index in [-0.39, 0.29) is 28.5 Å². The molecule has 160 valence electrons. The number of aromatic nitrogens is 5. The smallest absolute Gasteiger partial charge is 0.270 e. The minimum atomic E-state index is -0.613. The van der Waals surface area contributed by atoms with E-state index in [0.717, 1.165) is 17.4 Å². The number of aromatic hydroxyl groups is 1. The van der Waals surface area contributed by atoms with Crippen molar-refractivity contribution in [1.82, 2.24) is 29.5 Å². The van der Waals surface area contributed by atoms with Crippen LogP contribution in [0.15, 0.2) is 23.3 Å². The number of amides is 1. The lowest BCUT2D eigenvalue weighted by atomic mass is 9.97. The van der Waals surface area contributed by atoms with Gasteiger partial charge in [-0.15, -0.1) is 5.10 Å². The summed E-state index contributed by atoms with van der Waals surface area (Å²) in [6.07, 6.45) is 4.39. The van der Waals surface area contributed by atoms with E-state index in [1.165, 1.54) is 17.0 Å². The third-order valence-electron chi connectivity index (χ3n) is 4.64. The highest BCUT2D eigenvalue weighted by Gasteiger charge is 2.30. The highest BCUT2D eigenvalue weighted by molar-refractivity contribution is 5.96. The third-order valence-corrected chi connectivity index (χ3v) is 4.64. The van der Waals surface area contributed by atoms with Crippen LogP contribution in [0.1, 0.15) is 49.7 Å². The molecule has 31 heavy (non-hydrogen) atoms. The largest absolute Gasteiger partial charge is 0.492 e. The van der Waals surface area contributed by atoms with Crippen molar-refractivity contribution in [3.05, 3.63) is 40.1 Å². The van der Waals surface area contributed by atoms with E-state index in [4.69, 9.17) is 5.26 Å². The van der Waals surface area contributed by atoms with Crippen LogP contribution in [0.5, 0.6) is 5.88 Å². The summed E-state index contributed by atoms with van der Waals surface area (Å²) in [6.45, 7) is 6.21. The minimum Gasteiger partial charge on any atom is -0.492 e. The molecule has 11 heteroatoms. The van der Waals surface area contributed by atoms with Crippen LogP contribution < -0.4 is 16.2 Å². The Kier molecular flexibility index (Phi) is 4.85. The molecule has 0 atom stereocenters. The Morgan fingerprint density at radius 2 is 2.03 bits per heavy atom. The van der Waals surface area contributed by atoms with Crippen LogP contribution in [0.3, 0.4) is 0 Å². The van der Waals surface area contributed by atoms with Gasteiger partial charge < -0.3 is 15.7 Å². The third kappa shape index (κ3) is 4.18. The number of hydrogen-bond donors (Lipinski definition) is 3. The molecule has 0 spiro atoms. The first-order valence-electron chi connectivity index (χ1n) is 9.82. The molecule has 0 aromatic carbocycles. The average molecular weight is 422 g/mol. The fourth-order valence-corrected chi connectivity index (χ4v) is 3.11. The summed E-state index contributed by atoms with van der Waals surface area (Å²) in [4.78, 5) is 33.9. The second kappa shape index (κ2) is 7.39. The first-order chi connectivity index (χ1) is 14.7. The highest BCUT2D eigenvalue weighted by Crippen LogP contribution is 2.25. The first-order valence-corrected chi connectivity index (χ1v) is 9.82. The van der Waals surface area contributed by atoms with Crippen molar-refractivity contribution < 1.29 is 9.90 Å². The zero-order valence-electron chi connectivity index (χ0n) is 17.4. The van der Waals surface area contributed by atoms with Crippen molar-refractivity contribution in [2.24, 2.45) is 5.41 Å². The summed E-state index contributed by atoms with van der Waals surface area (Å²) in [5.74, 6) is -0.519. The zero-order chi connectivity index (χ0) is 22.3. The average Bonchev–Trinajstić information content (AvgIpc) is 3.41. The Bertz CT molecular complexity index is 1260. The van der Waals surface area contributed by atoms with E-state index in [9.17, 15) is 14.7 Å².